The summed E-state index contributed by atoms with van der Waals surface area (Å²) >= 11 is 0. The third kappa shape index (κ3) is 2.92. The van der Waals surface area contributed by atoms with Crippen molar-refractivity contribution >= 4 is 11.9 Å². The molecule has 1 rings (SSSR count). The van der Waals surface area contributed by atoms with Crippen LogP contribution in [-0.4, -0.2) is 49.1 Å². The highest BCUT2D eigenvalue weighted by atomic mass is 16.5. The normalized spacial score (nSPS) is 24.5. The molecular weight excluding hydrogens is 196 g/mol. The van der Waals surface area contributed by atoms with Crippen LogP contribution in [-0.2, 0) is 14.3 Å². The number of esters is 1. The minimum Gasteiger partial charge on any atom is -0.467 e. The van der Waals surface area contributed by atoms with Crippen LogP contribution >= 0.6 is 0 Å². The highest BCUT2D eigenvalue weighted by Gasteiger charge is 2.31. The van der Waals surface area contributed by atoms with E-state index in [-0.39, 0.29) is 11.9 Å². The Labute approximate surface area is 89.8 Å². The zero-order valence-corrected chi connectivity index (χ0v) is 9.45. The minimum absolute atomic E-state index is 0.114. The SMILES string of the molecule is CCC(C)N1CC(=O)NC(C(=O)OC)C1. The predicted molar refractivity (Wildman–Crippen MR) is 55.3 cm³/mol. The molecule has 0 radical (unpaired) electrons. The van der Waals surface area contributed by atoms with Crippen LogP contribution in [0.15, 0.2) is 0 Å². The second-order valence-electron chi connectivity index (χ2n) is 3.83. The van der Waals surface area contributed by atoms with Gasteiger partial charge >= 0.3 is 5.97 Å². The summed E-state index contributed by atoms with van der Waals surface area (Å²) in [4.78, 5) is 24.7. The zero-order chi connectivity index (χ0) is 11.4. The maximum atomic E-state index is 11.4. The number of hydrogen-bond acceptors (Lipinski definition) is 4. The summed E-state index contributed by atoms with van der Waals surface area (Å²) in [5, 5.41) is 2.62. The molecule has 0 aliphatic carbocycles. The Hall–Kier alpha value is -1.10. The lowest BCUT2D eigenvalue weighted by atomic mass is 10.1. The van der Waals surface area contributed by atoms with Crippen molar-refractivity contribution in [3.8, 4) is 0 Å². The standard InChI is InChI=1S/C10H18N2O3/c1-4-7(2)12-5-8(10(14)15-3)11-9(13)6-12/h7-8H,4-6H2,1-3H3,(H,11,13). The highest BCUT2D eigenvalue weighted by Crippen LogP contribution is 2.08. The summed E-state index contributed by atoms with van der Waals surface area (Å²) in [6.07, 6.45) is 0.959. The van der Waals surface area contributed by atoms with E-state index in [1.165, 1.54) is 7.11 Å². The van der Waals surface area contributed by atoms with Crippen molar-refractivity contribution in [3.05, 3.63) is 0 Å². The molecule has 0 aromatic rings. The van der Waals surface area contributed by atoms with E-state index >= 15 is 0 Å². The minimum atomic E-state index is -0.523. The second kappa shape index (κ2) is 5.11. The van der Waals surface area contributed by atoms with E-state index < -0.39 is 6.04 Å². The largest absolute Gasteiger partial charge is 0.467 e. The molecule has 0 saturated carbocycles. The number of hydrogen-bond donors (Lipinski definition) is 1. The molecule has 2 unspecified atom stereocenters. The molecule has 1 N–H and O–H groups in total. The molecule has 1 aliphatic rings. The van der Waals surface area contributed by atoms with Gasteiger partial charge in [0.1, 0.15) is 6.04 Å². The lowest BCUT2D eigenvalue weighted by Gasteiger charge is -2.35. The van der Waals surface area contributed by atoms with Crippen molar-refractivity contribution in [2.24, 2.45) is 0 Å². The summed E-state index contributed by atoms with van der Waals surface area (Å²) in [5.41, 5.74) is 0. The van der Waals surface area contributed by atoms with Crippen molar-refractivity contribution in [2.45, 2.75) is 32.4 Å². The molecule has 1 aliphatic heterocycles. The molecule has 15 heavy (non-hydrogen) atoms. The fourth-order valence-corrected chi connectivity index (χ4v) is 1.64. The van der Waals surface area contributed by atoms with Crippen LogP contribution in [0.2, 0.25) is 0 Å². The summed E-state index contributed by atoms with van der Waals surface area (Å²) < 4.78 is 4.62. The highest BCUT2D eigenvalue weighted by molar-refractivity contribution is 5.87. The van der Waals surface area contributed by atoms with Gasteiger partial charge in [0, 0.05) is 12.6 Å². The van der Waals surface area contributed by atoms with E-state index in [1.807, 2.05) is 11.8 Å². The van der Waals surface area contributed by atoms with Crippen LogP contribution in [0.4, 0.5) is 0 Å². The average molecular weight is 214 g/mol. The molecule has 2 atom stereocenters. The molecule has 1 saturated heterocycles. The lowest BCUT2D eigenvalue weighted by Crippen LogP contribution is -2.59. The van der Waals surface area contributed by atoms with Gasteiger partial charge in [0.25, 0.3) is 0 Å². The maximum Gasteiger partial charge on any atom is 0.329 e. The third-order valence-corrected chi connectivity index (χ3v) is 2.80. The fraction of sp³-hybridized carbons (Fsp3) is 0.800. The Kier molecular flexibility index (Phi) is 4.08. The first-order chi connectivity index (χ1) is 7.08. The van der Waals surface area contributed by atoms with Crippen LogP contribution in [0.1, 0.15) is 20.3 Å². The molecule has 1 heterocycles. The Balaban J connectivity index is 2.63. The van der Waals surface area contributed by atoms with Crippen LogP contribution in [0.3, 0.4) is 0 Å². The van der Waals surface area contributed by atoms with Crippen molar-refractivity contribution in [3.63, 3.8) is 0 Å². The Morgan fingerprint density at radius 3 is 2.93 bits per heavy atom. The predicted octanol–water partition coefficient (Wildman–Crippen LogP) is -0.242. The molecule has 1 fully saturated rings. The molecule has 86 valence electrons. The number of methoxy groups -OCH3 is 1. The van der Waals surface area contributed by atoms with E-state index in [0.29, 0.717) is 19.1 Å². The van der Waals surface area contributed by atoms with Gasteiger partial charge in [-0.05, 0) is 13.3 Å². The topological polar surface area (TPSA) is 58.6 Å². The van der Waals surface area contributed by atoms with Gasteiger partial charge in [0.15, 0.2) is 0 Å². The summed E-state index contributed by atoms with van der Waals surface area (Å²) in [6, 6.07) is -0.214. The van der Waals surface area contributed by atoms with Crippen LogP contribution in [0, 0.1) is 0 Å². The van der Waals surface area contributed by atoms with Gasteiger partial charge in [0.2, 0.25) is 5.91 Å². The number of ether oxygens (including phenoxy) is 1. The number of carbonyl (C=O) groups is 2. The van der Waals surface area contributed by atoms with Gasteiger partial charge in [-0.2, -0.15) is 0 Å². The van der Waals surface area contributed by atoms with Crippen molar-refractivity contribution in [1.29, 1.82) is 0 Å². The average Bonchev–Trinajstić information content (AvgIpc) is 2.26. The van der Waals surface area contributed by atoms with Gasteiger partial charge in [-0.1, -0.05) is 6.92 Å². The van der Waals surface area contributed by atoms with E-state index in [0.717, 1.165) is 6.42 Å². The second-order valence-corrected chi connectivity index (χ2v) is 3.83. The number of piperazine rings is 1. The Morgan fingerprint density at radius 2 is 2.40 bits per heavy atom. The summed E-state index contributed by atoms with van der Waals surface area (Å²) in [7, 11) is 1.33. The van der Waals surface area contributed by atoms with E-state index in [2.05, 4.69) is 17.0 Å². The van der Waals surface area contributed by atoms with Crippen LogP contribution < -0.4 is 5.32 Å². The molecule has 5 nitrogen and oxygen atoms in total. The number of nitrogens with one attached hydrogen (secondary N) is 1. The first kappa shape index (κ1) is 12.0. The first-order valence-electron chi connectivity index (χ1n) is 5.19. The first-order valence-corrected chi connectivity index (χ1v) is 5.19. The monoisotopic (exact) mass is 214 g/mol. The van der Waals surface area contributed by atoms with Crippen molar-refractivity contribution in [1.82, 2.24) is 10.2 Å². The van der Waals surface area contributed by atoms with Crippen molar-refractivity contribution in [2.75, 3.05) is 20.2 Å². The molecule has 0 spiro atoms. The van der Waals surface area contributed by atoms with E-state index in [4.69, 9.17) is 0 Å². The van der Waals surface area contributed by atoms with Crippen LogP contribution in [0.25, 0.3) is 0 Å². The van der Waals surface area contributed by atoms with Gasteiger partial charge in [-0.25, -0.2) is 4.79 Å². The van der Waals surface area contributed by atoms with E-state index in [1.54, 1.807) is 0 Å². The number of carbonyl (C=O) groups excluding carboxylic acids is 2. The molecule has 1 amide bonds. The maximum absolute atomic E-state index is 11.4. The van der Waals surface area contributed by atoms with Gasteiger partial charge < -0.3 is 10.1 Å². The molecule has 0 aromatic carbocycles. The smallest absolute Gasteiger partial charge is 0.329 e. The lowest BCUT2D eigenvalue weighted by molar-refractivity contribution is -0.148. The van der Waals surface area contributed by atoms with Crippen molar-refractivity contribution < 1.29 is 14.3 Å². The van der Waals surface area contributed by atoms with Gasteiger partial charge in [0.05, 0.1) is 13.7 Å². The molecule has 5 heteroatoms. The Bertz CT molecular complexity index is 255. The number of nitrogens with zero attached hydrogens (tertiary/aromatic N) is 1. The van der Waals surface area contributed by atoms with Crippen LogP contribution in [0.5, 0.6) is 0 Å². The third-order valence-electron chi connectivity index (χ3n) is 2.80. The molecular formula is C10H18N2O3. The van der Waals surface area contributed by atoms with Gasteiger partial charge in [-0.15, -0.1) is 0 Å². The zero-order valence-electron chi connectivity index (χ0n) is 9.45. The fourth-order valence-electron chi connectivity index (χ4n) is 1.64. The summed E-state index contributed by atoms with van der Waals surface area (Å²) in [5.74, 6) is -0.492. The number of rotatable bonds is 3. The quantitative estimate of drug-likeness (QED) is 0.659. The summed E-state index contributed by atoms with van der Waals surface area (Å²) in [6.45, 7) is 5.01. The van der Waals surface area contributed by atoms with Gasteiger partial charge in [-0.3, -0.25) is 9.69 Å². The van der Waals surface area contributed by atoms with E-state index in [9.17, 15) is 9.59 Å². The molecule has 0 aromatic heterocycles. The molecule has 0 bridgehead atoms. The number of amides is 1. The Morgan fingerprint density at radius 1 is 1.73 bits per heavy atom.